The Kier molecular flexibility index (Phi) is 5.06. The molecule has 4 rings (SSSR count). The van der Waals surface area contributed by atoms with E-state index in [9.17, 15) is 8.78 Å². The summed E-state index contributed by atoms with van der Waals surface area (Å²) in [5, 5.41) is 9.15. The van der Waals surface area contributed by atoms with Gasteiger partial charge in [-0.05, 0) is 31.0 Å². The first kappa shape index (κ1) is 19.1. The van der Waals surface area contributed by atoms with E-state index in [0.717, 1.165) is 24.1 Å². The van der Waals surface area contributed by atoms with Gasteiger partial charge in [0.15, 0.2) is 5.82 Å². The molecule has 1 aliphatic rings. The van der Waals surface area contributed by atoms with E-state index in [0.29, 0.717) is 22.8 Å². The molecule has 0 radical (unpaired) electrons. The molecule has 0 unspecified atom stereocenters. The van der Waals surface area contributed by atoms with Crippen molar-refractivity contribution in [2.45, 2.75) is 31.5 Å². The van der Waals surface area contributed by atoms with Gasteiger partial charge in [-0.3, -0.25) is 0 Å². The molecule has 0 atom stereocenters. The number of aromatic nitrogens is 4. The second-order valence-electron chi connectivity index (χ2n) is 6.64. The zero-order valence-electron chi connectivity index (χ0n) is 15.5. The number of halogens is 2. The Morgan fingerprint density at radius 3 is 2.52 bits per heavy atom. The second kappa shape index (κ2) is 7.67. The summed E-state index contributed by atoms with van der Waals surface area (Å²) in [5.41, 5.74) is 2.46. The zero-order valence-corrected chi connectivity index (χ0v) is 15.5. The smallest absolute Gasteiger partial charge is 0.388 e. The molecule has 0 spiro atoms. The minimum Gasteiger partial charge on any atom is -0.494 e. The van der Waals surface area contributed by atoms with Crippen LogP contribution in [0, 0.1) is 0 Å². The highest BCUT2D eigenvalue weighted by atomic mass is 19.3. The zero-order chi connectivity index (χ0) is 20.4. The monoisotopic (exact) mass is 400 g/mol. The van der Waals surface area contributed by atoms with Gasteiger partial charge in [-0.2, -0.15) is 8.78 Å². The third kappa shape index (κ3) is 3.73. The molecule has 3 aromatic heterocycles. The molecular formula is C20H18F2N4O3. The van der Waals surface area contributed by atoms with E-state index >= 15 is 0 Å². The standard InChI is InChI=1S/C20H18F2N4O3/c1-28-14-2-3-15(20(5-6-20)13-9-24-16(11-27)25-10-13)26-18(14)12-4-7-23-17(8-12)29-19(21)22/h2-4,7-10,19,27H,5-6,11H2,1H3. The molecule has 9 heteroatoms. The van der Waals surface area contributed by atoms with Gasteiger partial charge in [0.2, 0.25) is 5.88 Å². The summed E-state index contributed by atoms with van der Waals surface area (Å²) in [6.45, 7) is -3.18. The molecule has 3 heterocycles. The van der Waals surface area contributed by atoms with Crippen molar-refractivity contribution >= 4 is 0 Å². The predicted molar refractivity (Wildman–Crippen MR) is 98.6 cm³/mol. The minimum atomic E-state index is -2.96. The van der Waals surface area contributed by atoms with Crippen molar-refractivity contribution in [3.8, 4) is 22.9 Å². The van der Waals surface area contributed by atoms with E-state index in [2.05, 4.69) is 19.7 Å². The topological polar surface area (TPSA) is 90.2 Å². The lowest BCUT2D eigenvalue weighted by Gasteiger charge is -2.17. The lowest BCUT2D eigenvalue weighted by atomic mass is 9.93. The number of nitrogens with zero attached hydrogens (tertiary/aromatic N) is 4. The normalized spacial score (nSPS) is 14.7. The van der Waals surface area contributed by atoms with Crippen LogP contribution in [0.1, 0.15) is 29.9 Å². The SMILES string of the molecule is COc1ccc(C2(c3cnc(CO)nc3)CC2)nc1-c1ccnc(OC(F)F)c1. The fourth-order valence-electron chi connectivity index (χ4n) is 3.30. The van der Waals surface area contributed by atoms with Crippen LogP contribution in [0.4, 0.5) is 8.78 Å². The number of aliphatic hydroxyl groups is 1. The van der Waals surface area contributed by atoms with Crippen molar-refractivity contribution in [1.82, 2.24) is 19.9 Å². The molecule has 0 bridgehead atoms. The molecule has 1 saturated carbocycles. The van der Waals surface area contributed by atoms with Gasteiger partial charge in [0.1, 0.15) is 18.1 Å². The first-order valence-electron chi connectivity index (χ1n) is 8.95. The quantitative estimate of drug-likeness (QED) is 0.652. The Morgan fingerprint density at radius 2 is 1.90 bits per heavy atom. The van der Waals surface area contributed by atoms with Crippen molar-refractivity contribution < 1.29 is 23.4 Å². The van der Waals surface area contributed by atoms with Crippen molar-refractivity contribution in [2.24, 2.45) is 0 Å². The number of ether oxygens (including phenoxy) is 2. The molecule has 150 valence electrons. The fourth-order valence-corrected chi connectivity index (χ4v) is 3.30. The van der Waals surface area contributed by atoms with Crippen molar-refractivity contribution in [3.63, 3.8) is 0 Å². The van der Waals surface area contributed by atoms with Crippen LogP contribution in [-0.2, 0) is 12.0 Å². The van der Waals surface area contributed by atoms with E-state index < -0.39 is 6.61 Å². The molecule has 7 nitrogen and oxygen atoms in total. The Bertz CT molecular complexity index is 1010. The van der Waals surface area contributed by atoms with Crippen molar-refractivity contribution in [1.29, 1.82) is 0 Å². The number of aliphatic hydroxyl groups excluding tert-OH is 1. The molecule has 1 aliphatic carbocycles. The largest absolute Gasteiger partial charge is 0.494 e. The summed E-state index contributed by atoms with van der Waals surface area (Å²) < 4.78 is 34.9. The Morgan fingerprint density at radius 1 is 1.14 bits per heavy atom. The molecule has 29 heavy (non-hydrogen) atoms. The molecule has 0 saturated heterocycles. The Hall–Kier alpha value is -3.20. The summed E-state index contributed by atoms with van der Waals surface area (Å²) >= 11 is 0. The summed E-state index contributed by atoms with van der Waals surface area (Å²) in [6, 6.07) is 6.74. The van der Waals surface area contributed by atoms with Gasteiger partial charge in [0, 0.05) is 41.2 Å². The molecular weight excluding hydrogens is 382 g/mol. The van der Waals surface area contributed by atoms with E-state index in [4.69, 9.17) is 14.8 Å². The van der Waals surface area contributed by atoms with E-state index in [1.165, 1.54) is 19.4 Å². The third-order valence-electron chi connectivity index (χ3n) is 4.94. The number of rotatable bonds is 7. The molecule has 0 aliphatic heterocycles. The molecule has 1 N–H and O–H groups in total. The van der Waals surface area contributed by atoms with E-state index in [1.54, 1.807) is 24.5 Å². The Balaban J connectivity index is 1.74. The maximum Gasteiger partial charge on any atom is 0.388 e. The van der Waals surface area contributed by atoms with Crippen LogP contribution < -0.4 is 9.47 Å². The van der Waals surface area contributed by atoms with Crippen LogP contribution >= 0.6 is 0 Å². The van der Waals surface area contributed by atoms with Crippen molar-refractivity contribution in [3.05, 3.63) is 59.9 Å². The molecule has 0 aromatic carbocycles. The van der Waals surface area contributed by atoms with Crippen LogP contribution in [-0.4, -0.2) is 38.8 Å². The number of hydrogen-bond acceptors (Lipinski definition) is 7. The maximum absolute atomic E-state index is 12.5. The minimum absolute atomic E-state index is 0.194. The summed E-state index contributed by atoms with van der Waals surface area (Å²) in [4.78, 5) is 16.9. The molecule has 0 amide bonds. The number of methoxy groups -OCH3 is 1. The number of pyridine rings is 2. The number of alkyl halides is 2. The van der Waals surface area contributed by atoms with Gasteiger partial charge in [0.25, 0.3) is 0 Å². The highest BCUT2D eigenvalue weighted by Crippen LogP contribution is 2.53. The average molecular weight is 400 g/mol. The number of hydrogen-bond donors (Lipinski definition) is 1. The summed E-state index contributed by atoms with van der Waals surface area (Å²) in [7, 11) is 1.52. The van der Waals surface area contributed by atoms with Gasteiger partial charge < -0.3 is 14.6 Å². The Labute approximate surface area is 165 Å². The lowest BCUT2D eigenvalue weighted by molar-refractivity contribution is -0.0528. The highest BCUT2D eigenvalue weighted by molar-refractivity contribution is 5.67. The molecule has 1 fully saturated rings. The van der Waals surface area contributed by atoms with E-state index in [1.807, 2.05) is 6.07 Å². The average Bonchev–Trinajstić information content (AvgIpc) is 3.55. The summed E-state index contributed by atoms with van der Waals surface area (Å²) in [6.07, 6.45) is 6.55. The first-order valence-corrected chi connectivity index (χ1v) is 8.95. The molecule has 3 aromatic rings. The van der Waals surface area contributed by atoms with Crippen LogP contribution in [0.3, 0.4) is 0 Å². The van der Waals surface area contributed by atoms with Crippen LogP contribution in [0.2, 0.25) is 0 Å². The van der Waals surface area contributed by atoms with Gasteiger partial charge >= 0.3 is 6.61 Å². The van der Waals surface area contributed by atoms with Gasteiger partial charge in [-0.15, -0.1) is 0 Å². The predicted octanol–water partition coefficient (Wildman–Crippen LogP) is 3.12. The van der Waals surface area contributed by atoms with Crippen molar-refractivity contribution in [2.75, 3.05) is 7.11 Å². The van der Waals surface area contributed by atoms with Gasteiger partial charge in [0.05, 0.1) is 12.8 Å². The second-order valence-corrected chi connectivity index (χ2v) is 6.64. The van der Waals surface area contributed by atoms with Crippen LogP contribution in [0.5, 0.6) is 11.6 Å². The lowest BCUT2D eigenvalue weighted by Crippen LogP contribution is -2.13. The fraction of sp³-hybridized carbons (Fsp3) is 0.300. The first-order chi connectivity index (χ1) is 14.1. The summed E-state index contributed by atoms with van der Waals surface area (Å²) in [5.74, 6) is 0.669. The maximum atomic E-state index is 12.5. The van der Waals surface area contributed by atoms with Crippen LogP contribution in [0.15, 0.2) is 42.9 Å². The highest BCUT2D eigenvalue weighted by Gasteiger charge is 2.48. The van der Waals surface area contributed by atoms with Crippen LogP contribution in [0.25, 0.3) is 11.3 Å². The van der Waals surface area contributed by atoms with Gasteiger partial charge in [-0.1, -0.05) is 0 Å². The van der Waals surface area contributed by atoms with E-state index in [-0.39, 0.29) is 17.9 Å². The third-order valence-corrected chi connectivity index (χ3v) is 4.94. The van der Waals surface area contributed by atoms with Gasteiger partial charge in [-0.25, -0.2) is 19.9 Å².